The van der Waals surface area contributed by atoms with Crippen molar-refractivity contribution in [3.05, 3.63) is 11.1 Å². The van der Waals surface area contributed by atoms with E-state index in [9.17, 15) is 4.79 Å². The Hall–Kier alpha value is -1.81. The standard InChI is InChI=1S/C6H4N2O2/c1-4(6(9)10)5(2-7)3-8/h1H3,(H,9,10). The van der Waals surface area contributed by atoms with Crippen LogP contribution in [0.4, 0.5) is 0 Å². The number of carboxylic acids is 1. The predicted molar refractivity (Wildman–Crippen MR) is 31.6 cm³/mol. The van der Waals surface area contributed by atoms with Crippen molar-refractivity contribution in [3.63, 3.8) is 0 Å². The SMILES string of the molecule is CC(C(=O)O)=C(C#N)C#N. The maximum atomic E-state index is 10.1. The van der Waals surface area contributed by atoms with Gasteiger partial charge in [0.05, 0.1) is 5.57 Å². The lowest BCUT2D eigenvalue weighted by Gasteiger charge is -1.88. The molecule has 0 aromatic rings. The number of hydrogen-bond donors (Lipinski definition) is 1. The molecule has 0 saturated heterocycles. The lowest BCUT2D eigenvalue weighted by atomic mass is 10.2. The molecule has 0 atom stereocenters. The molecule has 0 fully saturated rings. The van der Waals surface area contributed by atoms with E-state index in [4.69, 9.17) is 15.6 Å². The van der Waals surface area contributed by atoms with Crippen molar-refractivity contribution in [1.29, 1.82) is 10.5 Å². The number of nitriles is 2. The summed E-state index contributed by atoms with van der Waals surface area (Å²) in [5.74, 6) is -1.24. The second-order valence-corrected chi connectivity index (χ2v) is 1.53. The fourth-order valence-corrected chi connectivity index (χ4v) is 0.300. The van der Waals surface area contributed by atoms with Gasteiger partial charge in [0, 0.05) is 0 Å². The highest BCUT2D eigenvalue weighted by atomic mass is 16.4. The molecule has 1 N–H and O–H groups in total. The molecule has 0 aromatic heterocycles. The molecular formula is C6H4N2O2. The Bertz CT molecular complexity index is 248. The topological polar surface area (TPSA) is 84.9 Å². The van der Waals surface area contributed by atoms with Crippen LogP contribution in [0.2, 0.25) is 0 Å². The van der Waals surface area contributed by atoms with E-state index in [-0.39, 0.29) is 11.1 Å². The highest BCUT2D eigenvalue weighted by molar-refractivity contribution is 5.88. The van der Waals surface area contributed by atoms with Gasteiger partial charge in [-0.2, -0.15) is 10.5 Å². The van der Waals surface area contributed by atoms with Gasteiger partial charge in [-0.3, -0.25) is 0 Å². The van der Waals surface area contributed by atoms with Crippen LogP contribution in [0.3, 0.4) is 0 Å². The van der Waals surface area contributed by atoms with E-state index in [0.29, 0.717) is 0 Å². The van der Waals surface area contributed by atoms with Crippen molar-refractivity contribution in [2.45, 2.75) is 6.92 Å². The van der Waals surface area contributed by atoms with Gasteiger partial charge in [0.25, 0.3) is 0 Å². The summed E-state index contributed by atoms with van der Waals surface area (Å²) in [6, 6.07) is 2.94. The van der Waals surface area contributed by atoms with Crippen LogP contribution in [-0.2, 0) is 4.79 Å². The lowest BCUT2D eigenvalue weighted by Crippen LogP contribution is -1.98. The highest BCUT2D eigenvalue weighted by Crippen LogP contribution is 2.00. The van der Waals surface area contributed by atoms with E-state index >= 15 is 0 Å². The second kappa shape index (κ2) is 3.26. The number of aliphatic carboxylic acids is 1. The van der Waals surface area contributed by atoms with Gasteiger partial charge in [-0.1, -0.05) is 0 Å². The molecule has 0 aromatic carbocycles. The number of allylic oxidation sites excluding steroid dienone is 1. The van der Waals surface area contributed by atoms with Crippen molar-refractivity contribution in [1.82, 2.24) is 0 Å². The first-order valence-electron chi connectivity index (χ1n) is 2.37. The summed E-state index contributed by atoms with van der Waals surface area (Å²) in [4.78, 5) is 10.1. The van der Waals surface area contributed by atoms with E-state index in [1.54, 1.807) is 0 Å². The summed E-state index contributed by atoms with van der Waals surface area (Å²) in [6.07, 6.45) is 0. The van der Waals surface area contributed by atoms with Crippen LogP contribution in [0, 0.1) is 22.7 Å². The van der Waals surface area contributed by atoms with Gasteiger partial charge in [-0.05, 0) is 6.92 Å². The van der Waals surface area contributed by atoms with Crippen LogP contribution < -0.4 is 0 Å². The largest absolute Gasteiger partial charge is 0.478 e. The molecule has 0 aliphatic heterocycles. The van der Waals surface area contributed by atoms with Gasteiger partial charge in [0.1, 0.15) is 17.7 Å². The monoisotopic (exact) mass is 136 g/mol. The molecule has 0 spiro atoms. The van der Waals surface area contributed by atoms with Gasteiger partial charge < -0.3 is 5.11 Å². The number of hydrogen-bond acceptors (Lipinski definition) is 3. The maximum Gasteiger partial charge on any atom is 0.333 e. The van der Waals surface area contributed by atoms with Gasteiger partial charge >= 0.3 is 5.97 Å². The van der Waals surface area contributed by atoms with Crippen LogP contribution >= 0.6 is 0 Å². The van der Waals surface area contributed by atoms with Crippen LogP contribution in [-0.4, -0.2) is 11.1 Å². The quantitative estimate of drug-likeness (QED) is 0.418. The maximum absolute atomic E-state index is 10.1. The second-order valence-electron chi connectivity index (χ2n) is 1.53. The van der Waals surface area contributed by atoms with Crippen molar-refractivity contribution in [2.75, 3.05) is 0 Å². The predicted octanol–water partition coefficient (Wildman–Crippen LogP) is 0.435. The summed E-state index contributed by atoms with van der Waals surface area (Å²) < 4.78 is 0. The Labute approximate surface area is 57.6 Å². The minimum absolute atomic E-state index is 0.218. The molecule has 4 heteroatoms. The molecule has 0 bridgehead atoms. The molecule has 0 unspecified atom stereocenters. The number of carboxylic acid groups (broad SMARTS) is 1. The third-order valence-corrected chi connectivity index (χ3v) is 0.919. The van der Waals surface area contributed by atoms with Crippen LogP contribution in [0.15, 0.2) is 11.1 Å². The van der Waals surface area contributed by atoms with E-state index in [0.717, 1.165) is 0 Å². The summed E-state index contributed by atoms with van der Waals surface area (Å²) in [6.45, 7) is 1.21. The Morgan fingerprint density at radius 2 is 1.80 bits per heavy atom. The number of carbonyl (C=O) groups is 1. The molecule has 0 radical (unpaired) electrons. The van der Waals surface area contributed by atoms with Gasteiger partial charge in [-0.25, -0.2) is 4.79 Å². The minimum atomic E-state index is -1.24. The van der Waals surface area contributed by atoms with E-state index in [2.05, 4.69) is 0 Å². The van der Waals surface area contributed by atoms with Crippen LogP contribution in [0.1, 0.15) is 6.92 Å². The van der Waals surface area contributed by atoms with E-state index < -0.39 is 5.97 Å². The normalized spacial score (nSPS) is 7.10. The molecular weight excluding hydrogens is 132 g/mol. The number of nitrogens with zero attached hydrogens (tertiary/aromatic N) is 2. The first-order chi connectivity index (χ1) is 4.63. The first kappa shape index (κ1) is 8.19. The zero-order valence-electron chi connectivity index (χ0n) is 5.25. The van der Waals surface area contributed by atoms with Gasteiger partial charge in [0.2, 0.25) is 0 Å². The molecule has 50 valence electrons. The zero-order chi connectivity index (χ0) is 8.15. The summed E-state index contributed by atoms with van der Waals surface area (Å²) >= 11 is 0. The summed E-state index contributed by atoms with van der Waals surface area (Å²) in [5, 5.41) is 24.6. The van der Waals surface area contributed by atoms with Crippen molar-refractivity contribution < 1.29 is 9.90 Å². The first-order valence-corrected chi connectivity index (χ1v) is 2.37. The molecule has 0 aliphatic rings. The van der Waals surface area contributed by atoms with Gasteiger partial charge in [-0.15, -0.1) is 0 Å². The van der Waals surface area contributed by atoms with Crippen LogP contribution in [0.5, 0.6) is 0 Å². The molecule has 0 rings (SSSR count). The average Bonchev–Trinajstić information content (AvgIpc) is 1.90. The van der Waals surface area contributed by atoms with Crippen molar-refractivity contribution >= 4 is 5.97 Å². The van der Waals surface area contributed by atoms with E-state index in [1.807, 2.05) is 0 Å². The van der Waals surface area contributed by atoms with Crippen molar-refractivity contribution in [2.24, 2.45) is 0 Å². The molecule has 4 nitrogen and oxygen atoms in total. The summed E-state index contributed by atoms with van der Waals surface area (Å²) in [5.41, 5.74) is -0.572. The molecule has 0 saturated carbocycles. The zero-order valence-corrected chi connectivity index (χ0v) is 5.25. The molecule has 10 heavy (non-hydrogen) atoms. The Kier molecular flexibility index (Phi) is 2.67. The van der Waals surface area contributed by atoms with E-state index in [1.165, 1.54) is 19.1 Å². The Morgan fingerprint density at radius 1 is 1.40 bits per heavy atom. The molecule has 0 heterocycles. The molecule has 0 amide bonds. The Morgan fingerprint density at radius 3 is 1.90 bits per heavy atom. The third kappa shape index (κ3) is 1.61. The molecule has 0 aliphatic carbocycles. The number of rotatable bonds is 1. The third-order valence-electron chi connectivity index (χ3n) is 0.919. The lowest BCUT2D eigenvalue weighted by molar-refractivity contribution is -0.132. The van der Waals surface area contributed by atoms with Crippen molar-refractivity contribution in [3.8, 4) is 12.1 Å². The van der Waals surface area contributed by atoms with Gasteiger partial charge in [0.15, 0.2) is 0 Å². The minimum Gasteiger partial charge on any atom is -0.478 e. The highest BCUT2D eigenvalue weighted by Gasteiger charge is 2.06. The average molecular weight is 136 g/mol. The smallest absolute Gasteiger partial charge is 0.333 e. The summed E-state index contributed by atoms with van der Waals surface area (Å²) in [7, 11) is 0. The fourth-order valence-electron chi connectivity index (χ4n) is 0.300. The Balaban J connectivity index is 4.89. The van der Waals surface area contributed by atoms with Crippen LogP contribution in [0.25, 0.3) is 0 Å². The fraction of sp³-hybridized carbons (Fsp3) is 0.167.